The van der Waals surface area contributed by atoms with E-state index in [2.05, 4.69) is 31.6 Å². The highest BCUT2D eigenvalue weighted by Gasteiger charge is 2.12. The van der Waals surface area contributed by atoms with Crippen molar-refractivity contribution in [3.63, 3.8) is 0 Å². The van der Waals surface area contributed by atoms with E-state index in [1.807, 2.05) is 30.3 Å². The van der Waals surface area contributed by atoms with Crippen LogP contribution < -0.4 is 10.9 Å². The molecule has 0 aliphatic heterocycles. The minimum absolute atomic E-state index is 0.0517. The molecule has 0 spiro atoms. The average molecular weight is 234 g/mol. The second kappa shape index (κ2) is 6.40. The lowest BCUT2D eigenvalue weighted by molar-refractivity contribution is -0.122. The van der Waals surface area contributed by atoms with Crippen LogP contribution in [0.2, 0.25) is 0 Å². The fraction of sp³-hybridized carbons (Fsp3) is 0.500. The third-order valence-electron chi connectivity index (χ3n) is 2.47. The maximum atomic E-state index is 11.5. The topological polar surface area (TPSA) is 41.1 Å². The van der Waals surface area contributed by atoms with Gasteiger partial charge in [-0.2, -0.15) is 0 Å². The minimum Gasteiger partial charge on any atom is -0.291 e. The van der Waals surface area contributed by atoms with Crippen molar-refractivity contribution in [3.8, 4) is 0 Å². The quantitative estimate of drug-likeness (QED) is 0.769. The number of rotatable bonds is 5. The van der Waals surface area contributed by atoms with Crippen molar-refractivity contribution in [1.82, 2.24) is 10.9 Å². The Hall–Kier alpha value is -1.35. The molecule has 0 aromatic heterocycles. The van der Waals surface area contributed by atoms with Gasteiger partial charge in [0.1, 0.15) is 0 Å². The summed E-state index contributed by atoms with van der Waals surface area (Å²) in [6.45, 7) is 7.06. The van der Waals surface area contributed by atoms with Crippen molar-refractivity contribution in [3.05, 3.63) is 35.9 Å². The van der Waals surface area contributed by atoms with E-state index < -0.39 is 0 Å². The van der Waals surface area contributed by atoms with Crippen molar-refractivity contribution in [1.29, 1.82) is 0 Å². The molecular formula is C14H22N2O. The van der Waals surface area contributed by atoms with Gasteiger partial charge >= 0.3 is 0 Å². The number of hydrazine groups is 1. The molecule has 0 bridgehead atoms. The predicted octanol–water partition coefficient (Wildman–Crippen LogP) is 2.63. The summed E-state index contributed by atoms with van der Waals surface area (Å²) in [6.07, 6.45) is 1.46. The fourth-order valence-corrected chi connectivity index (χ4v) is 1.39. The molecule has 0 heterocycles. The largest absolute Gasteiger partial charge is 0.291 e. The number of hydrogen-bond donors (Lipinski definition) is 2. The molecule has 1 aromatic rings. The van der Waals surface area contributed by atoms with Crippen molar-refractivity contribution < 1.29 is 4.79 Å². The first-order chi connectivity index (χ1) is 7.97. The maximum absolute atomic E-state index is 11.5. The SMILES string of the molecule is CC(C)(C)CCC(=O)NNCc1ccccc1. The zero-order chi connectivity index (χ0) is 12.7. The van der Waals surface area contributed by atoms with Crippen LogP contribution in [0.15, 0.2) is 30.3 Å². The number of nitrogens with one attached hydrogen (secondary N) is 2. The molecule has 0 radical (unpaired) electrons. The van der Waals surface area contributed by atoms with Crippen LogP contribution in [-0.2, 0) is 11.3 Å². The van der Waals surface area contributed by atoms with Crippen molar-refractivity contribution in [2.24, 2.45) is 5.41 Å². The molecule has 3 nitrogen and oxygen atoms in total. The third-order valence-corrected chi connectivity index (χ3v) is 2.47. The number of carbonyl (C=O) groups excluding carboxylic acids is 1. The molecule has 0 fully saturated rings. The summed E-state index contributed by atoms with van der Waals surface area (Å²) in [5.41, 5.74) is 7.01. The van der Waals surface area contributed by atoms with E-state index in [9.17, 15) is 4.79 Å². The van der Waals surface area contributed by atoms with Crippen LogP contribution in [0.3, 0.4) is 0 Å². The molecule has 94 valence electrons. The summed E-state index contributed by atoms with van der Waals surface area (Å²) in [6, 6.07) is 9.99. The molecule has 1 amide bonds. The summed E-state index contributed by atoms with van der Waals surface area (Å²) in [5, 5.41) is 0. The molecule has 2 N–H and O–H groups in total. The lowest BCUT2D eigenvalue weighted by Gasteiger charge is -2.17. The van der Waals surface area contributed by atoms with Crippen LogP contribution in [0.1, 0.15) is 39.2 Å². The summed E-state index contributed by atoms with van der Waals surface area (Å²) in [5.74, 6) is 0.0517. The monoisotopic (exact) mass is 234 g/mol. The van der Waals surface area contributed by atoms with Gasteiger partial charge in [-0.05, 0) is 17.4 Å². The Balaban J connectivity index is 2.17. The molecular weight excluding hydrogens is 212 g/mol. The highest BCUT2D eigenvalue weighted by molar-refractivity contribution is 5.75. The average Bonchev–Trinajstić information content (AvgIpc) is 2.27. The first kappa shape index (κ1) is 13.7. The normalized spacial score (nSPS) is 11.2. The molecule has 3 heteroatoms. The van der Waals surface area contributed by atoms with Gasteiger partial charge in [0.15, 0.2) is 0 Å². The molecule has 0 aliphatic rings. The second-order valence-corrected chi connectivity index (χ2v) is 5.45. The van der Waals surface area contributed by atoms with Gasteiger partial charge in [-0.15, -0.1) is 0 Å². The molecule has 0 aliphatic carbocycles. The Morgan fingerprint density at radius 3 is 2.41 bits per heavy atom. The van der Waals surface area contributed by atoms with E-state index in [0.717, 1.165) is 12.0 Å². The summed E-state index contributed by atoms with van der Waals surface area (Å²) in [7, 11) is 0. The van der Waals surface area contributed by atoms with E-state index in [1.165, 1.54) is 0 Å². The van der Waals surface area contributed by atoms with Crippen molar-refractivity contribution in [2.75, 3.05) is 0 Å². The Labute approximate surface area is 104 Å². The second-order valence-electron chi connectivity index (χ2n) is 5.45. The highest BCUT2D eigenvalue weighted by Crippen LogP contribution is 2.19. The number of hydrogen-bond acceptors (Lipinski definition) is 2. The number of carbonyl (C=O) groups is 1. The minimum atomic E-state index is 0.0517. The Morgan fingerprint density at radius 1 is 1.18 bits per heavy atom. The van der Waals surface area contributed by atoms with E-state index >= 15 is 0 Å². The van der Waals surface area contributed by atoms with Crippen LogP contribution in [0.4, 0.5) is 0 Å². The summed E-state index contributed by atoms with van der Waals surface area (Å²) < 4.78 is 0. The van der Waals surface area contributed by atoms with E-state index in [1.54, 1.807) is 0 Å². The van der Waals surface area contributed by atoms with Gasteiger partial charge in [0.25, 0.3) is 0 Å². The van der Waals surface area contributed by atoms with Gasteiger partial charge in [-0.1, -0.05) is 51.1 Å². The van der Waals surface area contributed by atoms with Crippen molar-refractivity contribution >= 4 is 5.91 Å². The molecule has 0 atom stereocenters. The van der Waals surface area contributed by atoms with E-state index in [0.29, 0.717) is 13.0 Å². The first-order valence-electron chi connectivity index (χ1n) is 6.03. The lowest BCUT2D eigenvalue weighted by atomic mass is 9.90. The van der Waals surface area contributed by atoms with Crippen LogP contribution in [0, 0.1) is 5.41 Å². The summed E-state index contributed by atoms with van der Waals surface area (Å²) >= 11 is 0. The van der Waals surface area contributed by atoms with Gasteiger partial charge in [0.05, 0.1) is 0 Å². The van der Waals surface area contributed by atoms with Gasteiger partial charge in [-0.3, -0.25) is 10.2 Å². The Morgan fingerprint density at radius 2 is 1.82 bits per heavy atom. The fourth-order valence-electron chi connectivity index (χ4n) is 1.39. The third kappa shape index (κ3) is 6.74. The molecule has 17 heavy (non-hydrogen) atoms. The number of amides is 1. The first-order valence-corrected chi connectivity index (χ1v) is 6.03. The van der Waals surface area contributed by atoms with Crippen LogP contribution >= 0.6 is 0 Å². The van der Waals surface area contributed by atoms with E-state index in [4.69, 9.17) is 0 Å². The zero-order valence-corrected chi connectivity index (χ0v) is 10.9. The lowest BCUT2D eigenvalue weighted by Crippen LogP contribution is -2.37. The zero-order valence-electron chi connectivity index (χ0n) is 10.9. The predicted molar refractivity (Wildman–Crippen MR) is 70.1 cm³/mol. The smallest absolute Gasteiger partial charge is 0.234 e. The molecule has 0 saturated carbocycles. The summed E-state index contributed by atoms with van der Waals surface area (Å²) in [4.78, 5) is 11.5. The number of benzene rings is 1. The maximum Gasteiger partial charge on any atom is 0.234 e. The van der Waals surface area contributed by atoms with E-state index in [-0.39, 0.29) is 11.3 Å². The van der Waals surface area contributed by atoms with Crippen molar-refractivity contribution in [2.45, 2.75) is 40.2 Å². The molecule has 0 saturated heterocycles. The van der Waals surface area contributed by atoms with Crippen LogP contribution in [-0.4, -0.2) is 5.91 Å². The van der Waals surface area contributed by atoms with Gasteiger partial charge < -0.3 is 0 Å². The Bertz CT molecular complexity index is 341. The highest BCUT2D eigenvalue weighted by atomic mass is 16.2. The molecule has 1 aromatic carbocycles. The van der Waals surface area contributed by atoms with Gasteiger partial charge in [0, 0.05) is 13.0 Å². The Kier molecular flexibility index (Phi) is 5.16. The molecule has 1 rings (SSSR count). The van der Waals surface area contributed by atoms with Crippen LogP contribution in [0.5, 0.6) is 0 Å². The standard InChI is InChI=1S/C14H22N2O/c1-14(2,3)10-9-13(17)16-15-11-12-7-5-4-6-8-12/h4-8,15H,9-11H2,1-3H3,(H,16,17). The van der Waals surface area contributed by atoms with Gasteiger partial charge in [0.2, 0.25) is 5.91 Å². The molecule has 0 unspecified atom stereocenters. The van der Waals surface area contributed by atoms with Crippen LogP contribution in [0.25, 0.3) is 0 Å². The van der Waals surface area contributed by atoms with Gasteiger partial charge in [-0.25, -0.2) is 5.43 Å².